The number of carbonyl (C=O) groups is 1. The van der Waals surface area contributed by atoms with Crippen molar-refractivity contribution in [1.29, 1.82) is 0 Å². The Balaban J connectivity index is 1.92. The highest BCUT2D eigenvalue weighted by Crippen LogP contribution is 2.14. The summed E-state index contributed by atoms with van der Waals surface area (Å²) < 4.78 is 7.10. The quantitative estimate of drug-likeness (QED) is 0.726. The lowest BCUT2D eigenvalue weighted by Gasteiger charge is -2.34. The standard InChI is InChI=1S/C14H25N5O2/c1-16(2)14-15-9-12(17(14)3)10-18-5-6-19(7-8-21-4)13(20)11-18/h9H,5-8,10-11H2,1-4H3. The number of piperazine rings is 1. The molecule has 1 aromatic rings. The summed E-state index contributed by atoms with van der Waals surface area (Å²) in [6.45, 7) is 4.14. The number of hydrogen-bond acceptors (Lipinski definition) is 5. The number of imidazole rings is 1. The summed E-state index contributed by atoms with van der Waals surface area (Å²) in [5.74, 6) is 1.10. The van der Waals surface area contributed by atoms with Crippen molar-refractivity contribution in [3.8, 4) is 0 Å². The smallest absolute Gasteiger partial charge is 0.236 e. The molecule has 118 valence electrons. The van der Waals surface area contributed by atoms with Crippen molar-refractivity contribution >= 4 is 11.9 Å². The van der Waals surface area contributed by atoms with Crippen LogP contribution in [-0.4, -0.2) is 79.2 Å². The van der Waals surface area contributed by atoms with Crippen LogP contribution in [0.15, 0.2) is 6.20 Å². The summed E-state index contributed by atoms with van der Waals surface area (Å²) in [5, 5.41) is 0. The highest BCUT2D eigenvalue weighted by atomic mass is 16.5. The molecule has 1 amide bonds. The SMILES string of the molecule is COCCN1CCN(Cc2cnc(N(C)C)n2C)CC1=O. The van der Waals surface area contributed by atoms with Crippen LogP contribution in [0.25, 0.3) is 0 Å². The number of methoxy groups -OCH3 is 1. The maximum Gasteiger partial charge on any atom is 0.236 e. The van der Waals surface area contributed by atoms with E-state index in [1.54, 1.807) is 7.11 Å². The van der Waals surface area contributed by atoms with Gasteiger partial charge in [0.1, 0.15) is 0 Å². The molecule has 21 heavy (non-hydrogen) atoms. The fourth-order valence-electron chi connectivity index (χ4n) is 2.56. The second-order valence-electron chi connectivity index (χ2n) is 5.59. The van der Waals surface area contributed by atoms with E-state index >= 15 is 0 Å². The Bertz CT molecular complexity index is 486. The van der Waals surface area contributed by atoms with Gasteiger partial charge in [0.25, 0.3) is 0 Å². The summed E-state index contributed by atoms with van der Waals surface area (Å²) in [6.07, 6.45) is 1.89. The average molecular weight is 295 g/mol. The van der Waals surface area contributed by atoms with Gasteiger partial charge in [-0.25, -0.2) is 4.98 Å². The van der Waals surface area contributed by atoms with E-state index in [0.717, 1.165) is 31.3 Å². The van der Waals surface area contributed by atoms with Crippen molar-refractivity contribution in [2.75, 3.05) is 58.9 Å². The van der Waals surface area contributed by atoms with Gasteiger partial charge in [-0.05, 0) is 0 Å². The Morgan fingerprint density at radius 3 is 2.71 bits per heavy atom. The zero-order valence-corrected chi connectivity index (χ0v) is 13.4. The van der Waals surface area contributed by atoms with E-state index in [4.69, 9.17) is 4.74 Å². The van der Waals surface area contributed by atoms with E-state index in [2.05, 4.69) is 14.5 Å². The summed E-state index contributed by atoms with van der Waals surface area (Å²) in [5.41, 5.74) is 1.12. The fourth-order valence-corrected chi connectivity index (χ4v) is 2.56. The van der Waals surface area contributed by atoms with Crippen LogP contribution in [0, 0.1) is 0 Å². The molecule has 1 aliphatic rings. The average Bonchev–Trinajstić information content (AvgIpc) is 2.79. The number of hydrogen-bond donors (Lipinski definition) is 0. The third-order valence-electron chi connectivity index (χ3n) is 3.81. The van der Waals surface area contributed by atoms with Crippen LogP contribution in [0.2, 0.25) is 0 Å². The second kappa shape index (κ2) is 6.91. The molecule has 1 aliphatic heterocycles. The molecule has 0 saturated carbocycles. The molecule has 1 fully saturated rings. The minimum absolute atomic E-state index is 0.174. The first kappa shape index (κ1) is 15.8. The number of aromatic nitrogens is 2. The molecule has 0 radical (unpaired) electrons. The predicted octanol–water partition coefficient (Wildman–Crippen LogP) is -0.223. The van der Waals surface area contributed by atoms with Crippen LogP contribution >= 0.6 is 0 Å². The number of ether oxygens (including phenoxy) is 1. The van der Waals surface area contributed by atoms with E-state index < -0.39 is 0 Å². The monoisotopic (exact) mass is 295 g/mol. The number of rotatable bonds is 6. The fraction of sp³-hybridized carbons (Fsp3) is 0.714. The highest BCUT2D eigenvalue weighted by Gasteiger charge is 2.24. The summed E-state index contributed by atoms with van der Waals surface area (Å²) in [4.78, 5) is 22.5. The molecule has 1 aromatic heterocycles. The predicted molar refractivity (Wildman–Crippen MR) is 81.3 cm³/mol. The molecule has 0 bridgehead atoms. The maximum absolute atomic E-state index is 12.1. The molecule has 7 heteroatoms. The zero-order valence-electron chi connectivity index (χ0n) is 13.4. The first-order valence-corrected chi connectivity index (χ1v) is 7.20. The van der Waals surface area contributed by atoms with Crippen molar-refractivity contribution in [2.24, 2.45) is 7.05 Å². The van der Waals surface area contributed by atoms with E-state index in [1.165, 1.54) is 0 Å². The summed E-state index contributed by atoms with van der Waals surface area (Å²) >= 11 is 0. The molecule has 0 atom stereocenters. The van der Waals surface area contributed by atoms with Gasteiger partial charge in [0.05, 0.1) is 25.0 Å². The van der Waals surface area contributed by atoms with E-state index in [1.807, 2.05) is 37.1 Å². The third kappa shape index (κ3) is 3.74. The molecule has 1 saturated heterocycles. The molecule has 0 aromatic carbocycles. The minimum Gasteiger partial charge on any atom is -0.383 e. The van der Waals surface area contributed by atoms with Crippen LogP contribution < -0.4 is 4.90 Å². The van der Waals surface area contributed by atoms with Crippen LogP contribution in [0.5, 0.6) is 0 Å². The Labute approximate surface area is 126 Å². The lowest BCUT2D eigenvalue weighted by molar-refractivity contribution is -0.136. The molecule has 0 N–H and O–H groups in total. The normalized spacial score (nSPS) is 16.6. The number of anilines is 1. The van der Waals surface area contributed by atoms with Crippen molar-refractivity contribution in [1.82, 2.24) is 19.4 Å². The van der Waals surface area contributed by atoms with Crippen LogP contribution in [0.4, 0.5) is 5.95 Å². The lowest BCUT2D eigenvalue weighted by atomic mass is 10.3. The Hall–Kier alpha value is -1.60. The van der Waals surface area contributed by atoms with Gasteiger partial charge in [-0.15, -0.1) is 0 Å². The number of carbonyl (C=O) groups excluding carboxylic acids is 1. The summed E-state index contributed by atoms with van der Waals surface area (Å²) in [6, 6.07) is 0. The van der Waals surface area contributed by atoms with Gasteiger partial charge in [-0.3, -0.25) is 9.69 Å². The Morgan fingerprint density at radius 2 is 2.14 bits per heavy atom. The van der Waals surface area contributed by atoms with E-state index in [-0.39, 0.29) is 5.91 Å². The van der Waals surface area contributed by atoms with Gasteiger partial charge in [0.15, 0.2) is 0 Å². The summed E-state index contributed by atoms with van der Waals surface area (Å²) in [7, 11) is 7.62. The lowest BCUT2D eigenvalue weighted by Crippen LogP contribution is -2.50. The van der Waals surface area contributed by atoms with Crippen molar-refractivity contribution in [3.63, 3.8) is 0 Å². The van der Waals surface area contributed by atoms with Gasteiger partial charge in [0, 0.05) is 54.4 Å². The number of nitrogens with zero attached hydrogens (tertiary/aromatic N) is 5. The Kier molecular flexibility index (Phi) is 5.19. The zero-order chi connectivity index (χ0) is 15.4. The first-order chi connectivity index (χ1) is 10.0. The van der Waals surface area contributed by atoms with Gasteiger partial charge in [0.2, 0.25) is 11.9 Å². The first-order valence-electron chi connectivity index (χ1n) is 7.20. The molecular formula is C14H25N5O2. The van der Waals surface area contributed by atoms with Crippen LogP contribution in [0.3, 0.4) is 0 Å². The molecule has 0 aliphatic carbocycles. The third-order valence-corrected chi connectivity index (χ3v) is 3.81. The largest absolute Gasteiger partial charge is 0.383 e. The van der Waals surface area contributed by atoms with Crippen molar-refractivity contribution < 1.29 is 9.53 Å². The maximum atomic E-state index is 12.1. The van der Waals surface area contributed by atoms with Gasteiger partial charge in [-0.1, -0.05) is 0 Å². The van der Waals surface area contributed by atoms with Crippen LogP contribution in [-0.2, 0) is 23.1 Å². The van der Waals surface area contributed by atoms with E-state index in [9.17, 15) is 4.79 Å². The van der Waals surface area contributed by atoms with Gasteiger partial charge in [-0.2, -0.15) is 0 Å². The molecular weight excluding hydrogens is 270 g/mol. The number of amides is 1. The molecule has 2 rings (SSSR count). The molecule has 7 nitrogen and oxygen atoms in total. The van der Waals surface area contributed by atoms with E-state index in [0.29, 0.717) is 19.7 Å². The van der Waals surface area contributed by atoms with Crippen molar-refractivity contribution in [2.45, 2.75) is 6.54 Å². The molecule has 2 heterocycles. The van der Waals surface area contributed by atoms with Crippen LogP contribution in [0.1, 0.15) is 5.69 Å². The molecule has 0 spiro atoms. The second-order valence-corrected chi connectivity index (χ2v) is 5.59. The molecule has 0 unspecified atom stereocenters. The van der Waals surface area contributed by atoms with Gasteiger partial charge < -0.3 is 19.1 Å². The minimum atomic E-state index is 0.174. The Morgan fingerprint density at radius 1 is 1.38 bits per heavy atom. The van der Waals surface area contributed by atoms with Gasteiger partial charge >= 0.3 is 0 Å². The van der Waals surface area contributed by atoms with Crippen molar-refractivity contribution in [3.05, 3.63) is 11.9 Å². The highest BCUT2D eigenvalue weighted by molar-refractivity contribution is 5.79. The topological polar surface area (TPSA) is 53.8 Å².